The first-order chi connectivity index (χ1) is 14.9. The number of ether oxygens (including phenoxy) is 2. The minimum Gasteiger partial charge on any atom is -0.491 e. The molecule has 3 unspecified atom stereocenters. The molecule has 31 heavy (non-hydrogen) atoms. The number of hydrogen-bond acceptors (Lipinski definition) is 4. The Labute approximate surface area is 179 Å². The minimum atomic E-state index is -2.92. The van der Waals surface area contributed by atoms with Gasteiger partial charge in [-0.2, -0.15) is 8.78 Å². The highest BCUT2D eigenvalue weighted by Crippen LogP contribution is 2.28. The zero-order valence-electron chi connectivity index (χ0n) is 16.7. The molecule has 0 aromatic heterocycles. The molecule has 4 nitrogen and oxygen atoms in total. The minimum absolute atomic E-state index is 0.0162. The van der Waals surface area contributed by atoms with Gasteiger partial charge in [0.15, 0.2) is 0 Å². The Morgan fingerprint density at radius 3 is 2.10 bits per heavy atom. The molecule has 3 rings (SSSR count). The number of rotatable bonds is 10. The fourth-order valence-electron chi connectivity index (χ4n) is 3.32. The molecule has 0 aliphatic carbocycles. The topological polar surface area (TPSA) is 64.7 Å². The summed E-state index contributed by atoms with van der Waals surface area (Å²) in [6.45, 7) is -2.93. The van der Waals surface area contributed by atoms with Gasteiger partial charge in [-0.25, -0.2) is 4.39 Å². The number of halogens is 3. The molecule has 0 saturated heterocycles. The average molecular weight is 431 g/mol. The van der Waals surface area contributed by atoms with Crippen LogP contribution < -0.4 is 15.2 Å². The van der Waals surface area contributed by atoms with Crippen molar-refractivity contribution in [2.45, 2.75) is 31.1 Å². The summed E-state index contributed by atoms with van der Waals surface area (Å²) in [7, 11) is 0. The summed E-state index contributed by atoms with van der Waals surface area (Å²) in [5, 5.41) is 10.7. The second kappa shape index (κ2) is 10.8. The maximum absolute atomic E-state index is 13.3. The fourth-order valence-corrected chi connectivity index (χ4v) is 3.32. The van der Waals surface area contributed by atoms with Crippen LogP contribution >= 0.6 is 0 Å². The molecule has 0 aliphatic heterocycles. The number of nitrogens with two attached hydrogens (primary N) is 1. The largest absolute Gasteiger partial charge is 0.491 e. The molecule has 0 spiro atoms. The van der Waals surface area contributed by atoms with Gasteiger partial charge in [0.2, 0.25) is 0 Å². The van der Waals surface area contributed by atoms with Crippen molar-refractivity contribution in [2.75, 3.05) is 6.61 Å². The third-order valence-corrected chi connectivity index (χ3v) is 4.98. The van der Waals surface area contributed by atoms with Crippen LogP contribution in [0.1, 0.15) is 17.0 Å². The Hall–Kier alpha value is -3.03. The predicted octanol–water partition coefficient (Wildman–Crippen LogP) is 4.52. The molecule has 164 valence electrons. The van der Waals surface area contributed by atoms with Crippen molar-refractivity contribution in [1.82, 2.24) is 0 Å². The van der Waals surface area contributed by atoms with Crippen molar-refractivity contribution < 1.29 is 27.8 Å². The van der Waals surface area contributed by atoms with E-state index in [9.17, 15) is 18.3 Å². The van der Waals surface area contributed by atoms with Gasteiger partial charge in [0.25, 0.3) is 0 Å². The molecule has 3 atom stereocenters. The van der Waals surface area contributed by atoms with Gasteiger partial charge in [-0.3, -0.25) is 0 Å². The Balaban J connectivity index is 1.77. The lowest BCUT2D eigenvalue weighted by Crippen LogP contribution is -2.44. The number of aliphatic hydroxyl groups is 1. The van der Waals surface area contributed by atoms with Crippen LogP contribution in [-0.4, -0.2) is 30.5 Å². The van der Waals surface area contributed by atoms with E-state index in [1.54, 1.807) is 36.4 Å². The number of alkyl halides is 2. The Bertz CT molecular complexity index is 921. The van der Waals surface area contributed by atoms with Crippen LogP contribution in [0.4, 0.5) is 13.2 Å². The van der Waals surface area contributed by atoms with Crippen LogP contribution in [0.25, 0.3) is 0 Å². The lowest BCUT2D eigenvalue weighted by Gasteiger charge is -2.29. The van der Waals surface area contributed by atoms with E-state index < -0.39 is 18.8 Å². The van der Waals surface area contributed by atoms with Gasteiger partial charge >= 0.3 is 6.61 Å². The number of benzene rings is 3. The SMILES string of the molecule is NC(C(O)COc1ccccc1)C(Cc1ccc(F)cc1)c1ccc(OC(F)F)cc1. The van der Waals surface area contributed by atoms with E-state index in [4.69, 9.17) is 10.5 Å². The van der Waals surface area contributed by atoms with Gasteiger partial charge in [0.1, 0.15) is 30.0 Å². The highest BCUT2D eigenvalue weighted by Gasteiger charge is 2.27. The molecule has 0 fully saturated rings. The molecular weight excluding hydrogens is 407 g/mol. The molecular formula is C24H24F3NO3. The zero-order valence-corrected chi connectivity index (χ0v) is 16.7. The molecule has 0 heterocycles. The highest BCUT2D eigenvalue weighted by atomic mass is 19.3. The predicted molar refractivity (Wildman–Crippen MR) is 112 cm³/mol. The number of para-hydroxylation sites is 1. The summed E-state index contributed by atoms with van der Waals surface area (Å²) in [6, 6.07) is 20.5. The first-order valence-electron chi connectivity index (χ1n) is 9.83. The lowest BCUT2D eigenvalue weighted by molar-refractivity contribution is -0.0498. The van der Waals surface area contributed by atoms with Crippen molar-refractivity contribution in [3.63, 3.8) is 0 Å². The Morgan fingerprint density at radius 1 is 0.839 bits per heavy atom. The van der Waals surface area contributed by atoms with Crippen LogP contribution in [0.3, 0.4) is 0 Å². The van der Waals surface area contributed by atoms with E-state index in [-0.39, 0.29) is 24.1 Å². The summed E-state index contributed by atoms with van der Waals surface area (Å²) < 4.78 is 48.2. The summed E-state index contributed by atoms with van der Waals surface area (Å²) in [5.74, 6) is -0.0898. The van der Waals surface area contributed by atoms with E-state index >= 15 is 0 Å². The number of aliphatic hydroxyl groups excluding tert-OH is 1. The van der Waals surface area contributed by atoms with E-state index in [0.717, 1.165) is 11.1 Å². The standard InChI is InChI=1S/C24H24F3NO3/c25-18-10-6-16(7-11-18)14-21(17-8-12-20(13-9-17)31-24(26)27)23(28)22(29)15-30-19-4-2-1-3-5-19/h1-13,21-24,29H,14-15,28H2. The molecule has 3 aromatic carbocycles. The van der Waals surface area contributed by atoms with E-state index in [1.807, 2.05) is 18.2 Å². The van der Waals surface area contributed by atoms with Gasteiger partial charge in [-0.05, 0) is 53.9 Å². The second-order valence-electron chi connectivity index (χ2n) is 7.15. The lowest BCUT2D eigenvalue weighted by atomic mass is 9.84. The van der Waals surface area contributed by atoms with E-state index in [0.29, 0.717) is 12.2 Å². The van der Waals surface area contributed by atoms with Crippen LogP contribution in [0.2, 0.25) is 0 Å². The van der Waals surface area contributed by atoms with E-state index in [2.05, 4.69) is 4.74 Å². The maximum Gasteiger partial charge on any atom is 0.387 e. The first kappa shape index (κ1) is 22.7. The van der Waals surface area contributed by atoms with Gasteiger partial charge in [-0.15, -0.1) is 0 Å². The molecule has 0 radical (unpaired) electrons. The molecule has 3 aromatic rings. The maximum atomic E-state index is 13.3. The first-order valence-corrected chi connectivity index (χ1v) is 9.83. The average Bonchev–Trinajstić information content (AvgIpc) is 2.77. The van der Waals surface area contributed by atoms with Crippen molar-refractivity contribution in [3.8, 4) is 11.5 Å². The molecule has 3 N–H and O–H groups in total. The van der Waals surface area contributed by atoms with Crippen molar-refractivity contribution in [3.05, 3.63) is 95.8 Å². The third kappa shape index (κ3) is 6.73. The van der Waals surface area contributed by atoms with Crippen LogP contribution in [0.5, 0.6) is 11.5 Å². The van der Waals surface area contributed by atoms with Gasteiger partial charge in [-0.1, -0.05) is 42.5 Å². The molecule has 0 saturated carbocycles. The molecule has 0 amide bonds. The Morgan fingerprint density at radius 2 is 1.48 bits per heavy atom. The van der Waals surface area contributed by atoms with E-state index in [1.165, 1.54) is 24.3 Å². The monoisotopic (exact) mass is 431 g/mol. The number of hydrogen-bond donors (Lipinski definition) is 2. The fraction of sp³-hybridized carbons (Fsp3) is 0.250. The van der Waals surface area contributed by atoms with Crippen molar-refractivity contribution >= 4 is 0 Å². The van der Waals surface area contributed by atoms with Crippen molar-refractivity contribution in [1.29, 1.82) is 0 Å². The van der Waals surface area contributed by atoms with Gasteiger partial charge < -0.3 is 20.3 Å². The quantitative estimate of drug-likeness (QED) is 0.495. The summed E-state index contributed by atoms with van der Waals surface area (Å²) in [4.78, 5) is 0. The van der Waals surface area contributed by atoms with Crippen molar-refractivity contribution in [2.24, 2.45) is 5.73 Å². The summed E-state index contributed by atoms with van der Waals surface area (Å²) in [5.41, 5.74) is 7.96. The van der Waals surface area contributed by atoms with Gasteiger partial charge in [0.05, 0.1) is 0 Å². The van der Waals surface area contributed by atoms with Crippen LogP contribution in [-0.2, 0) is 6.42 Å². The van der Waals surface area contributed by atoms with Gasteiger partial charge in [0, 0.05) is 12.0 Å². The molecule has 7 heteroatoms. The highest BCUT2D eigenvalue weighted by molar-refractivity contribution is 5.32. The normalized spacial score (nSPS) is 14.1. The smallest absolute Gasteiger partial charge is 0.387 e. The van der Waals surface area contributed by atoms with Crippen LogP contribution in [0.15, 0.2) is 78.9 Å². The third-order valence-electron chi connectivity index (χ3n) is 4.98. The van der Waals surface area contributed by atoms with Crippen LogP contribution in [0, 0.1) is 5.82 Å². The zero-order chi connectivity index (χ0) is 22.2. The Kier molecular flexibility index (Phi) is 7.92. The molecule has 0 aliphatic rings. The summed E-state index contributed by atoms with van der Waals surface area (Å²) in [6.07, 6.45) is -0.582. The molecule has 0 bridgehead atoms. The second-order valence-corrected chi connectivity index (χ2v) is 7.15. The summed E-state index contributed by atoms with van der Waals surface area (Å²) >= 11 is 0.